The molecule has 5 aliphatic carbocycles. The van der Waals surface area contributed by atoms with Gasteiger partial charge in [0, 0.05) is 30.6 Å². The van der Waals surface area contributed by atoms with Gasteiger partial charge in [-0.2, -0.15) is 0 Å². The summed E-state index contributed by atoms with van der Waals surface area (Å²) in [5.74, 6) is 3.65. The third-order valence-corrected chi connectivity index (χ3v) is 11.8. The van der Waals surface area contributed by atoms with Gasteiger partial charge in [0.25, 0.3) is 0 Å². The predicted molar refractivity (Wildman–Crippen MR) is 129 cm³/mol. The number of fused-ring (bicyclic) bond motifs is 7. The van der Waals surface area contributed by atoms with Gasteiger partial charge in [-0.05, 0) is 84.2 Å². The van der Waals surface area contributed by atoms with Gasteiger partial charge < -0.3 is 0 Å². The Bertz CT molecular complexity index is 1210. The van der Waals surface area contributed by atoms with Crippen LogP contribution in [-0.4, -0.2) is 0 Å². The molecule has 4 fully saturated rings. The molecule has 1 heterocycles. The molecule has 0 aromatic heterocycles. The summed E-state index contributed by atoms with van der Waals surface area (Å²) < 4.78 is 0. The van der Waals surface area contributed by atoms with Gasteiger partial charge in [-0.1, -0.05) is 78.8 Å². The summed E-state index contributed by atoms with van der Waals surface area (Å²) in [5, 5.41) is 0. The van der Waals surface area contributed by atoms with Gasteiger partial charge in [-0.3, -0.25) is 0 Å². The highest BCUT2D eigenvalue weighted by atomic mass is 32.2. The third kappa shape index (κ3) is 2.21. The molecular formula is C29H26S2. The first kappa shape index (κ1) is 17.9. The van der Waals surface area contributed by atoms with E-state index in [0.29, 0.717) is 0 Å². The average Bonchev–Trinajstić information content (AvgIpc) is 2.89. The summed E-state index contributed by atoms with van der Waals surface area (Å²) in [7, 11) is 0. The van der Waals surface area contributed by atoms with E-state index in [1.54, 1.807) is 22.3 Å². The highest BCUT2D eigenvalue weighted by molar-refractivity contribution is 8.05. The Kier molecular flexibility index (Phi) is 3.59. The van der Waals surface area contributed by atoms with E-state index in [1.807, 2.05) is 23.5 Å². The molecule has 0 N–H and O–H groups in total. The Hall–Kier alpha value is -1.64. The lowest BCUT2D eigenvalue weighted by Gasteiger charge is -2.55. The van der Waals surface area contributed by atoms with Crippen molar-refractivity contribution in [3.63, 3.8) is 0 Å². The standard InChI is InChI=1S/C29H26S2/c1-2-6-22-21(5-1)27-23(11-12-26-28(27)31-25-8-4-3-7-24(25)30-26)29(22)19-13-17-9-10-18(15-19)16-20(29)14-17/h1-8,11-12,17-20H,9-10,13-16H2. The zero-order valence-electron chi connectivity index (χ0n) is 17.6. The molecule has 0 atom stereocenters. The van der Waals surface area contributed by atoms with Crippen LogP contribution in [-0.2, 0) is 5.41 Å². The first-order valence-corrected chi connectivity index (χ1v) is 13.7. The zero-order chi connectivity index (χ0) is 20.2. The Morgan fingerprint density at radius 1 is 0.613 bits per heavy atom. The maximum absolute atomic E-state index is 2.56. The van der Waals surface area contributed by atoms with Crippen molar-refractivity contribution in [3.8, 4) is 11.1 Å². The zero-order valence-corrected chi connectivity index (χ0v) is 19.3. The number of hydrogen-bond acceptors (Lipinski definition) is 2. The topological polar surface area (TPSA) is 0 Å². The minimum Gasteiger partial charge on any atom is -0.0877 e. The molecule has 4 bridgehead atoms. The molecule has 154 valence electrons. The maximum Gasteiger partial charge on any atom is 0.0344 e. The molecule has 2 heteroatoms. The molecule has 3 aromatic rings. The van der Waals surface area contributed by atoms with Gasteiger partial charge in [0.15, 0.2) is 0 Å². The van der Waals surface area contributed by atoms with Gasteiger partial charge >= 0.3 is 0 Å². The average molecular weight is 439 g/mol. The van der Waals surface area contributed by atoms with Crippen LogP contribution in [0.1, 0.15) is 49.7 Å². The summed E-state index contributed by atoms with van der Waals surface area (Å²) >= 11 is 3.99. The molecule has 1 spiro atoms. The Morgan fingerprint density at radius 2 is 1.26 bits per heavy atom. The van der Waals surface area contributed by atoms with Crippen molar-refractivity contribution in [2.45, 2.75) is 63.5 Å². The second kappa shape index (κ2) is 6.23. The first-order valence-electron chi connectivity index (χ1n) is 12.0. The fourth-order valence-electron chi connectivity index (χ4n) is 8.31. The molecule has 0 nitrogen and oxygen atoms in total. The number of hydrogen-bond donors (Lipinski definition) is 0. The van der Waals surface area contributed by atoms with Crippen molar-refractivity contribution in [1.82, 2.24) is 0 Å². The minimum atomic E-state index is 0.278. The van der Waals surface area contributed by atoms with Crippen LogP contribution in [0.3, 0.4) is 0 Å². The second-order valence-corrected chi connectivity index (χ2v) is 12.7. The van der Waals surface area contributed by atoms with E-state index in [2.05, 4.69) is 60.7 Å². The second-order valence-electron chi connectivity index (χ2n) is 10.5. The molecule has 3 aromatic carbocycles. The first-order chi connectivity index (χ1) is 15.3. The normalized spacial score (nSPS) is 33.5. The lowest BCUT2D eigenvalue weighted by molar-refractivity contribution is 0.0461. The fraction of sp³-hybridized carbons (Fsp3) is 0.379. The van der Waals surface area contributed by atoms with Crippen LogP contribution in [0.5, 0.6) is 0 Å². The minimum absolute atomic E-state index is 0.278. The van der Waals surface area contributed by atoms with E-state index < -0.39 is 0 Å². The number of benzene rings is 3. The van der Waals surface area contributed by atoms with Crippen LogP contribution in [0.2, 0.25) is 0 Å². The largest absolute Gasteiger partial charge is 0.0877 e. The van der Waals surface area contributed by atoms with Crippen LogP contribution in [0.4, 0.5) is 0 Å². The molecule has 31 heavy (non-hydrogen) atoms. The quantitative estimate of drug-likeness (QED) is 0.270. The smallest absolute Gasteiger partial charge is 0.0344 e. The van der Waals surface area contributed by atoms with E-state index in [9.17, 15) is 0 Å². The van der Waals surface area contributed by atoms with Crippen molar-refractivity contribution in [1.29, 1.82) is 0 Å². The maximum atomic E-state index is 2.56. The van der Waals surface area contributed by atoms with Crippen molar-refractivity contribution in [2.24, 2.45) is 23.7 Å². The van der Waals surface area contributed by atoms with Crippen LogP contribution in [0, 0.1) is 23.7 Å². The molecule has 0 amide bonds. The van der Waals surface area contributed by atoms with E-state index in [0.717, 1.165) is 23.7 Å². The molecular weight excluding hydrogens is 412 g/mol. The lowest BCUT2D eigenvalue weighted by Crippen LogP contribution is -2.50. The fourth-order valence-corrected chi connectivity index (χ4v) is 10.7. The van der Waals surface area contributed by atoms with Gasteiger partial charge in [-0.15, -0.1) is 0 Å². The van der Waals surface area contributed by atoms with E-state index in [4.69, 9.17) is 0 Å². The highest BCUT2D eigenvalue weighted by Crippen LogP contribution is 2.69. The van der Waals surface area contributed by atoms with Crippen molar-refractivity contribution in [2.75, 3.05) is 0 Å². The Morgan fingerprint density at radius 3 is 2.00 bits per heavy atom. The summed E-state index contributed by atoms with van der Waals surface area (Å²) in [6.07, 6.45) is 8.84. The predicted octanol–water partition coefficient (Wildman–Crippen LogP) is 8.42. The molecule has 1 aliphatic heterocycles. The Labute approximate surface area is 193 Å². The van der Waals surface area contributed by atoms with E-state index >= 15 is 0 Å². The van der Waals surface area contributed by atoms with Crippen LogP contribution >= 0.6 is 23.5 Å². The van der Waals surface area contributed by atoms with Gasteiger partial charge in [0.05, 0.1) is 0 Å². The molecule has 4 saturated carbocycles. The summed E-state index contributed by atoms with van der Waals surface area (Å²) in [6, 6.07) is 23.5. The van der Waals surface area contributed by atoms with Gasteiger partial charge in [-0.25, -0.2) is 0 Å². The molecule has 0 unspecified atom stereocenters. The highest BCUT2D eigenvalue weighted by Gasteiger charge is 2.60. The van der Waals surface area contributed by atoms with Crippen LogP contribution in [0.25, 0.3) is 11.1 Å². The lowest BCUT2D eigenvalue weighted by atomic mass is 9.49. The molecule has 0 saturated heterocycles. The molecule has 6 aliphatic rings. The van der Waals surface area contributed by atoms with Crippen molar-refractivity contribution < 1.29 is 0 Å². The van der Waals surface area contributed by atoms with Crippen molar-refractivity contribution in [3.05, 3.63) is 71.8 Å². The molecule has 0 radical (unpaired) electrons. The van der Waals surface area contributed by atoms with Crippen molar-refractivity contribution >= 4 is 23.5 Å². The van der Waals surface area contributed by atoms with Crippen LogP contribution in [0.15, 0.2) is 80.2 Å². The number of rotatable bonds is 0. The third-order valence-electron chi connectivity index (χ3n) is 9.23. The van der Waals surface area contributed by atoms with Crippen LogP contribution < -0.4 is 0 Å². The summed E-state index contributed by atoms with van der Waals surface area (Å²) in [5.41, 5.74) is 6.78. The summed E-state index contributed by atoms with van der Waals surface area (Å²) in [6.45, 7) is 0. The Balaban J connectivity index is 1.40. The van der Waals surface area contributed by atoms with E-state index in [-0.39, 0.29) is 5.41 Å². The summed E-state index contributed by atoms with van der Waals surface area (Å²) in [4.78, 5) is 5.81. The molecule has 9 rings (SSSR count). The van der Waals surface area contributed by atoms with Gasteiger partial charge in [0.2, 0.25) is 0 Å². The SMILES string of the molecule is c1ccc2c(c1)Sc1ccc3c(c1S2)-c1ccccc1C31C2CC3CCC(C2)CC1C3. The van der Waals surface area contributed by atoms with Gasteiger partial charge in [0.1, 0.15) is 0 Å². The van der Waals surface area contributed by atoms with E-state index in [1.165, 1.54) is 58.1 Å². The monoisotopic (exact) mass is 438 g/mol.